The summed E-state index contributed by atoms with van der Waals surface area (Å²) in [5.41, 5.74) is 20.9. The zero-order chi connectivity index (χ0) is 50.8. The van der Waals surface area contributed by atoms with Gasteiger partial charge in [-0.1, -0.05) is 35.3 Å². The van der Waals surface area contributed by atoms with Gasteiger partial charge in [-0.05, 0) is 222 Å². The van der Waals surface area contributed by atoms with Crippen molar-refractivity contribution in [2.24, 2.45) is 35.1 Å². The number of nitrogens with two attached hydrogens (primary N) is 2. The van der Waals surface area contributed by atoms with Gasteiger partial charge < -0.3 is 31.1 Å². The summed E-state index contributed by atoms with van der Waals surface area (Å²) < 4.78 is 4.00. The molecule has 18 heteroatoms. The van der Waals surface area contributed by atoms with Crippen LogP contribution in [0.4, 0.5) is 9.59 Å². The first kappa shape index (κ1) is 53.5. The van der Waals surface area contributed by atoms with E-state index in [-0.39, 0.29) is 35.7 Å². The Morgan fingerprint density at radius 2 is 0.861 bits per heavy atom. The molecule has 2 aromatic heterocycles. The number of benzene rings is 2. The molecule has 4 fully saturated rings. The number of primary amides is 2. The van der Waals surface area contributed by atoms with Gasteiger partial charge in [0.2, 0.25) is 11.8 Å². The third-order valence-corrected chi connectivity index (χ3v) is 20.2. The normalized spacial score (nSPS) is 21.0. The van der Waals surface area contributed by atoms with E-state index in [1.165, 1.54) is 33.4 Å². The maximum Gasteiger partial charge on any atom is 0.314 e. The molecule has 12 nitrogen and oxygen atoms in total. The highest BCUT2D eigenvalue weighted by Gasteiger charge is 2.38. The summed E-state index contributed by atoms with van der Waals surface area (Å²) in [7, 11) is 0. The molecule has 2 aliphatic carbocycles. The minimum Gasteiger partial charge on any atom is -0.351 e. The number of urea groups is 2. The third-order valence-electron chi connectivity index (χ3n) is 16.5. The number of hydrogen-bond acceptors (Lipinski definition) is 6. The Balaban J connectivity index is 0.000000178. The molecule has 6 aliphatic rings. The van der Waals surface area contributed by atoms with E-state index in [9.17, 15) is 19.2 Å². The van der Waals surface area contributed by atoms with Crippen molar-refractivity contribution in [1.29, 1.82) is 0 Å². The number of halogens is 6. The first-order valence-electron chi connectivity index (χ1n) is 25.5. The van der Waals surface area contributed by atoms with Crippen molar-refractivity contribution in [2.75, 3.05) is 52.4 Å². The number of hydrogen-bond donors (Lipinski definition) is 2. The van der Waals surface area contributed by atoms with Crippen LogP contribution in [0.3, 0.4) is 0 Å². The predicted octanol–water partition coefficient (Wildman–Crippen LogP) is 11.8. The molecule has 4 N–H and O–H groups in total. The Morgan fingerprint density at radius 1 is 0.514 bits per heavy atom. The maximum atomic E-state index is 13.1. The van der Waals surface area contributed by atoms with Crippen LogP contribution in [-0.2, 0) is 35.3 Å². The molecule has 4 saturated heterocycles. The highest BCUT2D eigenvalue weighted by atomic mass is 79.9. The fourth-order valence-electron chi connectivity index (χ4n) is 12.4. The zero-order valence-electron chi connectivity index (χ0n) is 40.4. The Kier molecular flexibility index (Phi) is 17.6. The molecule has 6 heterocycles. The van der Waals surface area contributed by atoms with Crippen LogP contribution in [-0.4, -0.2) is 106 Å². The van der Waals surface area contributed by atoms with Crippen molar-refractivity contribution in [3.05, 3.63) is 121 Å². The first-order chi connectivity index (χ1) is 34.6. The van der Waals surface area contributed by atoms with Gasteiger partial charge in [0.25, 0.3) is 0 Å². The van der Waals surface area contributed by atoms with Crippen LogP contribution in [0.15, 0.2) is 66.7 Å². The van der Waals surface area contributed by atoms with Crippen molar-refractivity contribution >= 4 is 111 Å². The van der Waals surface area contributed by atoms with E-state index in [2.05, 4.69) is 88.0 Å². The highest BCUT2D eigenvalue weighted by molar-refractivity contribution is 9.11. The van der Waals surface area contributed by atoms with Crippen LogP contribution in [0.2, 0.25) is 10.0 Å². The topological polar surface area (TPSA) is 159 Å². The molecule has 4 aromatic rings. The second-order valence-electron chi connectivity index (χ2n) is 20.6. The number of aryl methyl sites for hydroxylation is 2. The fourth-order valence-corrected chi connectivity index (χ4v) is 14.7. The third kappa shape index (κ3) is 12.0. The summed E-state index contributed by atoms with van der Waals surface area (Å²) in [5.74, 6) is 2.33. The minimum absolute atomic E-state index is 0.189. The Morgan fingerprint density at radius 3 is 1.21 bits per heavy atom. The van der Waals surface area contributed by atoms with E-state index in [0.29, 0.717) is 62.7 Å². The van der Waals surface area contributed by atoms with Crippen LogP contribution in [0.5, 0.6) is 0 Å². The molecule has 2 atom stereocenters. The monoisotopic (exact) mass is 1270 g/mol. The lowest BCUT2D eigenvalue weighted by atomic mass is 9.76. The van der Waals surface area contributed by atoms with Crippen LogP contribution in [0.1, 0.15) is 121 Å². The second kappa shape index (κ2) is 23.7. The summed E-state index contributed by atoms with van der Waals surface area (Å²) in [6.07, 6.45) is 15.8. The van der Waals surface area contributed by atoms with Crippen molar-refractivity contribution in [3.8, 4) is 0 Å². The standard InChI is InChI=1S/2C27H31Br2ClN4O2/c2*28-19-14-18-1-2-21-20(3-4-22(30)25(21)29)24(26(18)32-15-19)17-7-11-33(12-8-17)23(35)13-16-5-9-34(10-6-16)27(31)36/h2*3-4,14-17,24H,1-2,5-13H2,(H2,31,36)/t24-;/m1./s1. The number of piperidine rings is 4. The summed E-state index contributed by atoms with van der Waals surface area (Å²) in [6, 6.07) is 12.0. The molecule has 6 amide bonds. The summed E-state index contributed by atoms with van der Waals surface area (Å²) in [5, 5.41) is 1.49. The Labute approximate surface area is 466 Å². The van der Waals surface area contributed by atoms with Gasteiger partial charge >= 0.3 is 12.1 Å². The molecule has 0 radical (unpaired) electrons. The largest absolute Gasteiger partial charge is 0.351 e. The first-order valence-corrected chi connectivity index (χ1v) is 29.4. The Bertz CT molecular complexity index is 2500. The molecule has 0 bridgehead atoms. The zero-order valence-corrected chi connectivity index (χ0v) is 48.2. The molecule has 0 spiro atoms. The van der Waals surface area contributed by atoms with Crippen molar-refractivity contribution in [2.45, 2.75) is 102 Å². The number of likely N-dealkylation sites (tertiary alicyclic amines) is 4. The number of aromatic nitrogens is 2. The second-order valence-corrected chi connectivity index (χ2v) is 24.8. The van der Waals surface area contributed by atoms with E-state index in [1.807, 2.05) is 34.3 Å². The average Bonchev–Trinajstić information content (AvgIpc) is 3.65. The van der Waals surface area contributed by atoms with Gasteiger partial charge in [-0.3, -0.25) is 19.6 Å². The lowest BCUT2D eigenvalue weighted by Crippen LogP contribution is -2.44. The number of rotatable bonds is 6. The van der Waals surface area contributed by atoms with Crippen molar-refractivity contribution < 1.29 is 19.2 Å². The number of fused-ring (bicyclic) bond motifs is 4. The summed E-state index contributed by atoms with van der Waals surface area (Å²) in [6.45, 7) is 5.70. The molecule has 72 heavy (non-hydrogen) atoms. The molecule has 2 aromatic carbocycles. The lowest BCUT2D eigenvalue weighted by molar-refractivity contribution is -0.134. The molecule has 1 unspecified atom stereocenters. The van der Waals surface area contributed by atoms with Crippen molar-refractivity contribution in [1.82, 2.24) is 29.6 Å². The number of carbonyl (C=O) groups is 4. The van der Waals surface area contributed by atoms with E-state index in [1.54, 1.807) is 9.80 Å². The van der Waals surface area contributed by atoms with Gasteiger partial charge in [0, 0.05) is 107 Å². The van der Waals surface area contributed by atoms with Crippen LogP contribution in [0, 0.1) is 23.7 Å². The SMILES string of the molecule is NC(=O)N1CCC(CC(=O)N2CCC(C3c4ccc(Cl)c(Br)c4CCc4cc(Br)cnc43)CC2)CC1.NC(=O)N1CCC(CC(=O)N2CCC([C@@H]3c4ccc(Cl)c(Br)c4CCc4cc(Br)cnc43)CC2)CC1. The maximum absolute atomic E-state index is 13.1. The van der Waals surface area contributed by atoms with Gasteiger partial charge in [0.1, 0.15) is 0 Å². The number of carbonyl (C=O) groups excluding carboxylic acids is 4. The van der Waals surface area contributed by atoms with Gasteiger partial charge in [0.15, 0.2) is 0 Å². The van der Waals surface area contributed by atoms with Gasteiger partial charge in [-0.15, -0.1) is 0 Å². The van der Waals surface area contributed by atoms with Crippen LogP contribution < -0.4 is 11.5 Å². The van der Waals surface area contributed by atoms with Gasteiger partial charge in [-0.2, -0.15) is 0 Å². The van der Waals surface area contributed by atoms with Crippen molar-refractivity contribution in [3.63, 3.8) is 0 Å². The number of nitrogens with zero attached hydrogens (tertiary/aromatic N) is 6. The van der Waals surface area contributed by atoms with Gasteiger partial charge in [-0.25, -0.2) is 9.59 Å². The van der Waals surface area contributed by atoms with E-state index in [4.69, 9.17) is 44.6 Å². The minimum atomic E-state index is -0.361. The molecule has 0 saturated carbocycles. The average molecular weight is 1280 g/mol. The van der Waals surface area contributed by atoms with E-state index < -0.39 is 0 Å². The molecule has 10 rings (SSSR count). The van der Waals surface area contributed by atoms with Crippen LogP contribution >= 0.6 is 86.9 Å². The predicted molar refractivity (Wildman–Crippen MR) is 296 cm³/mol. The molecular formula is C54H62Br4Cl2N8O4. The van der Waals surface area contributed by atoms with E-state index in [0.717, 1.165) is 143 Å². The van der Waals surface area contributed by atoms with Crippen LogP contribution in [0.25, 0.3) is 0 Å². The lowest BCUT2D eigenvalue weighted by Gasteiger charge is -2.38. The smallest absolute Gasteiger partial charge is 0.314 e. The fraction of sp³-hybridized carbons (Fsp3) is 0.519. The summed E-state index contributed by atoms with van der Waals surface area (Å²) in [4.78, 5) is 66.3. The number of pyridine rings is 2. The molecule has 4 aliphatic heterocycles. The molecular weight excluding hydrogens is 1220 g/mol. The van der Waals surface area contributed by atoms with Gasteiger partial charge in [0.05, 0.1) is 21.4 Å². The van der Waals surface area contributed by atoms with E-state index >= 15 is 0 Å². The highest BCUT2D eigenvalue weighted by Crippen LogP contribution is 2.48. The Hall–Kier alpha value is -3.28. The summed E-state index contributed by atoms with van der Waals surface area (Å²) >= 11 is 27.7. The number of amides is 6. The quantitative estimate of drug-likeness (QED) is 0.196. The molecule has 384 valence electrons.